The highest BCUT2D eigenvalue weighted by molar-refractivity contribution is 5.77. The summed E-state index contributed by atoms with van der Waals surface area (Å²) >= 11 is 0. The minimum atomic E-state index is -1.06. The molecule has 134 valence electrons. The number of carboxylic acids is 1. The van der Waals surface area contributed by atoms with Crippen molar-refractivity contribution >= 4 is 11.9 Å². The second-order valence-corrected chi connectivity index (χ2v) is 5.44. The molecule has 1 heterocycles. The Morgan fingerprint density at radius 1 is 1.24 bits per heavy atom. The molecule has 2 rings (SSSR count). The van der Waals surface area contributed by atoms with Crippen molar-refractivity contribution in [2.75, 3.05) is 6.54 Å². The number of amides is 1. The number of rotatable bonds is 8. The topological polar surface area (TPSA) is 96.5 Å². The minimum Gasteiger partial charge on any atom is -0.481 e. The van der Waals surface area contributed by atoms with Gasteiger partial charge in [-0.2, -0.15) is 4.98 Å². The summed E-state index contributed by atoms with van der Waals surface area (Å²) in [5.74, 6) is -2.66. The first kappa shape index (κ1) is 18.5. The van der Waals surface area contributed by atoms with Crippen LogP contribution in [0, 0.1) is 18.6 Å². The van der Waals surface area contributed by atoms with Gasteiger partial charge in [0.25, 0.3) is 0 Å². The summed E-state index contributed by atoms with van der Waals surface area (Å²) < 4.78 is 31.2. The van der Waals surface area contributed by atoms with Gasteiger partial charge in [-0.15, -0.1) is 0 Å². The lowest BCUT2D eigenvalue weighted by Crippen LogP contribution is -2.32. The Morgan fingerprint density at radius 3 is 2.60 bits per heavy atom. The lowest BCUT2D eigenvalue weighted by Gasteiger charge is -2.22. The second kappa shape index (κ2) is 8.32. The van der Waals surface area contributed by atoms with Crippen LogP contribution < -0.4 is 0 Å². The zero-order chi connectivity index (χ0) is 18.4. The SMILES string of the molecule is Cc1noc(CCC(=O)N(CCC(=O)O)Cc2ccc(F)c(F)c2)n1. The van der Waals surface area contributed by atoms with E-state index in [1.807, 2.05) is 0 Å². The van der Waals surface area contributed by atoms with Crippen molar-refractivity contribution in [3.05, 3.63) is 47.1 Å². The van der Waals surface area contributed by atoms with Crippen LogP contribution in [0.5, 0.6) is 0 Å². The average Bonchev–Trinajstić information content (AvgIpc) is 2.97. The van der Waals surface area contributed by atoms with Gasteiger partial charge in [0.1, 0.15) is 0 Å². The molecule has 9 heteroatoms. The fourth-order valence-corrected chi connectivity index (χ4v) is 2.19. The number of hydrogen-bond acceptors (Lipinski definition) is 5. The summed E-state index contributed by atoms with van der Waals surface area (Å²) in [5.41, 5.74) is 0.367. The van der Waals surface area contributed by atoms with Gasteiger partial charge >= 0.3 is 5.97 Å². The maximum Gasteiger partial charge on any atom is 0.305 e. The molecule has 7 nitrogen and oxygen atoms in total. The van der Waals surface area contributed by atoms with E-state index in [4.69, 9.17) is 9.63 Å². The van der Waals surface area contributed by atoms with E-state index in [2.05, 4.69) is 10.1 Å². The van der Waals surface area contributed by atoms with Crippen LogP contribution >= 0.6 is 0 Å². The van der Waals surface area contributed by atoms with Crippen LogP contribution in [-0.2, 0) is 22.6 Å². The molecular weight excluding hydrogens is 336 g/mol. The van der Waals surface area contributed by atoms with E-state index in [1.54, 1.807) is 6.92 Å². The Morgan fingerprint density at radius 2 is 2.00 bits per heavy atom. The lowest BCUT2D eigenvalue weighted by atomic mass is 10.1. The largest absolute Gasteiger partial charge is 0.481 e. The van der Waals surface area contributed by atoms with E-state index in [1.165, 1.54) is 11.0 Å². The molecule has 0 radical (unpaired) electrons. The lowest BCUT2D eigenvalue weighted by molar-refractivity contribution is -0.138. The maximum atomic E-state index is 13.3. The van der Waals surface area contributed by atoms with E-state index in [0.29, 0.717) is 17.3 Å². The van der Waals surface area contributed by atoms with Gasteiger partial charge in [-0.05, 0) is 24.6 Å². The first-order valence-corrected chi connectivity index (χ1v) is 7.58. The molecular formula is C16H17F2N3O4. The summed E-state index contributed by atoms with van der Waals surface area (Å²) in [6.45, 7) is 1.58. The summed E-state index contributed by atoms with van der Waals surface area (Å²) in [6, 6.07) is 3.30. The van der Waals surface area contributed by atoms with Crippen molar-refractivity contribution in [1.82, 2.24) is 15.0 Å². The van der Waals surface area contributed by atoms with Crippen molar-refractivity contribution in [3.8, 4) is 0 Å². The smallest absolute Gasteiger partial charge is 0.305 e. The normalized spacial score (nSPS) is 10.7. The molecule has 0 fully saturated rings. The second-order valence-electron chi connectivity index (χ2n) is 5.44. The zero-order valence-corrected chi connectivity index (χ0v) is 13.5. The summed E-state index contributed by atoms with van der Waals surface area (Å²) in [6.07, 6.45) is -0.0129. The van der Waals surface area contributed by atoms with Gasteiger partial charge in [0.15, 0.2) is 17.5 Å². The van der Waals surface area contributed by atoms with Gasteiger partial charge in [-0.1, -0.05) is 11.2 Å². The Balaban J connectivity index is 2.03. The number of carboxylic acid groups (broad SMARTS) is 1. The van der Waals surface area contributed by atoms with Gasteiger partial charge < -0.3 is 14.5 Å². The quantitative estimate of drug-likeness (QED) is 0.781. The summed E-state index contributed by atoms with van der Waals surface area (Å²) in [5, 5.41) is 12.4. The third kappa shape index (κ3) is 5.63. The van der Waals surface area contributed by atoms with Gasteiger partial charge in [-0.3, -0.25) is 9.59 Å². The summed E-state index contributed by atoms with van der Waals surface area (Å²) in [4.78, 5) is 28.4. The van der Waals surface area contributed by atoms with Crippen molar-refractivity contribution in [2.24, 2.45) is 0 Å². The van der Waals surface area contributed by atoms with E-state index in [-0.39, 0.29) is 38.3 Å². The number of hydrogen-bond donors (Lipinski definition) is 1. The number of aliphatic carboxylic acids is 1. The van der Waals surface area contributed by atoms with Crippen molar-refractivity contribution in [1.29, 1.82) is 0 Å². The highest BCUT2D eigenvalue weighted by Crippen LogP contribution is 2.13. The van der Waals surface area contributed by atoms with E-state index < -0.39 is 17.6 Å². The molecule has 1 aromatic heterocycles. The molecule has 1 N–H and O–H groups in total. The van der Waals surface area contributed by atoms with E-state index in [0.717, 1.165) is 12.1 Å². The molecule has 0 unspecified atom stereocenters. The fraction of sp³-hybridized carbons (Fsp3) is 0.375. The van der Waals surface area contributed by atoms with Crippen LogP contribution in [-0.4, -0.2) is 38.6 Å². The van der Waals surface area contributed by atoms with Gasteiger partial charge in [0.05, 0.1) is 6.42 Å². The highest BCUT2D eigenvalue weighted by Gasteiger charge is 2.17. The first-order valence-electron chi connectivity index (χ1n) is 7.58. The number of nitrogens with zero attached hydrogens (tertiary/aromatic N) is 3. The fourth-order valence-electron chi connectivity index (χ4n) is 2.19. The molecule has 2 aromatic rings. The third-order valence-electron chi connectivity index (χ3n) is 3.43. The molecule has 0 aliphatic carbocycles. The van der Waals surface area contributed by atoms with Crippen LogP contribution in [0.3, 0.4) is 0 Å². The molecule has 0 spiro atoms. The molecule has 0 aliphatic heterocycles. The average molecular weight is 353 g/mol. The molecule has 25 heavy (non-hydrogen) atoms. The zero-order valence-electron chi connectivity index (χ0n) is 13.5. The predicted octanol–water partition coefficient (Wildman–Crippen LogP) is 2.09. The Labute approximate surface area is 142 Å². The molecule has 0 saturated carbocycles. The van der Waals surface area contributed by atoms with Gasteiger partial charge in [0, 0.05) is 25.9 Å². The maximum absolute atomic E-state index is 13.3. The van der Waals surface area contributed by atoms with Gasteiger partial charge in [-0.25, -0.2) is 8.78 Å². The number of halogens is 2. The number of benzene rings is 1. The Bertz CT molecular complexity index is 764. The highest BCUT2D eigenvalue weighted by atomic mass is 19.2. The van der Waals surface area contributed by atoms with Crippen LogP contribution in [0.4, 0.5) is 8.78 Å². The van der Waals surface area contributed by atoms with Crippen LogP contribution in [0.2, 0.25) is 0 Å². The Kier molecular flexibility index (Phi) is 6.15. The van der Waals surface area contributed by atoms with Crippen LogP contribution in [0.1, 0.15) is 30.1 Å². The molecule has 0 aliphatic rings. The van der Waals surface area contributed by atoms with Crippen LogP contribution in [0.25, 0.3) is 0 Å². The van der Waals surface area contributed by atoms with Crippen molar-refractivity contribution < 1.29 is 28.0 Å². The number of carbonyl (C=O) groups is 2. The molecule has 1 aromatic carbocycles. The van der Waals surface area contributed by atoms with E-state index >= 15 is 0 Å². The number of aryl methyl sites for hydroxylation is 2. The van der Waals surface area contributed by atoms with Crippen molar-refractivity contribution in [2.45, 2.75) is 32.7 Å². The molecule has 0 bridgehead atoms. The first-order chi connectivity index (χ1) is 11.8. The molecule has 0 atom stereocenters. The van der Waals surface area contributed by atoms with Crippen molar-refractivity contribution in [3.63, 3.8) is 0 Å². The number of aromatic nitrogens is 2. The van der Waals surface area contributed by atoms with Gasteiger partial charge in [0.2, 0.25) is 11.8 Å². The summed E-state index contributed by atoms with van der Waals surface area (Å²) in [7, 11) is 0. The monoisotopic (exact) mass is 353 g/mol. The standard InChI is InChI=1S/C16H17F2N3O4/c1-10-19-14(25-20-10)4-5-15(22)21(7-6-16(23)24)9-11-2-3-12(17)13(18)8-11/h2-3,8H,4-7,9H2,1H3,(H,23,24). The third-order valence-corrected chi connectivity index (χ3v) is 3.43. The number of carbonyl (C=O) groups excluding carboxylic acids is 1. The van der Waals surface area contributed by atoms with E-state index in [9.17, 15) is 18.4 Å². The predicted molar refractivity (Wildman–Crippen MR) is 81.4 cm³/mol. The molecule has 1 amide bonds. The minimum absolute atomic E-state index is 0.0217. The van der Waals surface area contributed by atoms with Crippen LogP contribution in [0.15, 0.2) is 22.7 Å². The Hall–Kier alpha value is -2.84. The molecule has 0 saturated heterocycles.